The summed E-state index contributed by atoms with van der Waals surface area (Å²) in [5, 5.41) is 7.50. The van der Waals surface area contributed by atoms with Crippen molar-refractivity contribution in [2.45, 2.75) is 26.3 Å². The molecule has 0 spiro atoms. The smallest absolute Gasteiger partial charge is 0.194 e. The Labute approximate surface area is 149 Å². The minimum Gasteiger partial charge on any atom is -0.357 e. The molecule has 1 fully saturated rings. The number of benzene rings is 1. The summed E-state index contributed by atoms with van der Waals surface area (Å²) >= 11 is 0. The molecule has 2 heterocycles. The quantitative estimate of drug-likeness (QED) is 0.687. The van der Waals surface area contributed by atoms with Gasteiger partial charge in [0.05, 0.1) is 0 Å². The SMILES string of the molecule is CCNC(=NCc1ncnn1C)N1CCC(=Cc2ccccc2)CC1. The van der Waals surface area contributed by atoms with Crippen molar-refractivity contribution in [3.05, 3.63) is 53.6 Å². The van der Waals surface area contributed by atoms with E-state index < -0.39 is 0 Å². The first-order chi connectivity index (χ1) is 12.3. The van der Waals surface area contributed by atoms with E-state index in [0.717, 1.165) is 44.3 Å². The van der Waals surface area contributed by atoms with E-state index >= 15 is 0 Å². The van der Waals surface area contributed by atoms with Crippen molar-refractivity contribution < 1.29 is 0 Å². The van der Waals surface area contributed by atoms with E-state index in [-0.39, 0.29) is 0 Å². The minimum atomic E-state index is 0.544. The highest BCUT2D eigenvalue weighted by atomic mass is 15.3. The highest BCUT2D eigenvalue weighted by molar-refractivity contribution is 5.80. The van der Waals surface area contributed by atoms with E-state index in [2.05, 4.69) is 63.6 Å². The maximum Gasteiger partial charge on any atom is 0.194 e. The summed E-state index contributed by atoms with van der Waals surface area (Å²) in [6.45, 7) is 5.48. The Bertz CT molecular complexity index is 721. The maximum atomic E-state index is 4.74. The van der Waals surface area contributed by atoms with Gasteiger partial charge in [-0.15, -0.1) is 0 Å². The summed E-state index contributed by atoms with van der Waals surface area (Å²) in [7, 11) is 1.90. The Hall–Kier alpha value is -2.63. The van der Waals surface area contributed by atoms with Crippen LogP contribution in [0.1, 0.15) is 31.2 Å². The lowest BCUT2D eigenvalue weighted by atomic mass is 10.0. The molecule has 6 heteroatoms. The number of piperidine rings is 1. The monoisotopic (exact) mass is 338 g/mol. The lowest BCUT2D eigenvalue weighted by Crippen LogP contribution is -2.44. The predicted octanol–water partition coefficient (Wildman–Crippen LogP) is 2.46. The molecule has 0 atom stereocenters. The van der Waals surface area contributed by atoms with Gasteiger partial charge in [-0.1, -0.05) is 42.0 Å². The number of nitrogens with zero attached hydrogens (tertiary/aromatic N) is 5. The number of aliphatic imine (C=N–C) groups is 1. The van der Waals surface area contributed by atoms with Crippen LogP contribution < -0.4 is 5.32 Å². The molecule has 0 bridgehead atoms. The lowest BCUT2D eigenvalue weighted by molar-refractivity contribution is 0.375. The van der Waals surface area contributed by atoms with Crippen LogP contribution in [-0.2, 0) is 13.6 Å². The first kappa shape index (κ1) is 17.2. The van der Waals surface area contributed by atoms with Crippen LogP contribution in [0.4, 0.5) is 0 Å². The standard InChI is InChI=1S/C19H26N6/c1-3-20-19(21-14-18-22-15-23-24(18)2)25-11-9-17(10-12-25)13-16-7-5-4-6-8-16/h4-8,13,15H,3,9-12,14H2,1-2H3,(H,20,21). The third-order valence-electron chi connectivity index (χ3n) is 4.39. The first-order valence-corrected chi connectivity index (χ1v) is 8.87. The minimum absolute atomic E-state index is 0.544. The topological polar surface area (TPSA) is 58.3 Å². The normalized spacial score (nSPS) is 15.4. The van der Waals surface area contributed by atoms with Crippen LogP contribution >= 0.6 is 0 Å². The molecule has 1 aliphatic heterocycles. The fraction of sp³-hybridized carbons (Fsp3) is 0.421. The van der Waals surface area contributed by atoms with Crippen molar-refractivity contribution in [3.8, 4) is 0 Å². The molecule has 0 amide bonds. The molecule has 25 heavy (non-hydrogen) atoms. The van der Waals surface area contributed by atoms with Gasteiger partial charge in [0.25, 0.3) is 0 Å². The van der Waals surface area contributed by atoms with Gasteiger partial charge >= 0.3 is 0 Å². The van der Waals surface area contributed by atoms with Gasteiger partial charge in [-0.05, 0) is 25.3 Å². The molecule has 1 N–H and O–H groups in total. The van der Waals surface area contributed by atoms with Gasteiger partial charge in [0.2, 0.25) is 0 Å². The van der Waals surface area contributed by atoms with Gasteiger partial charge in [-0.25, -0.2) is 9.98 Å². The number of nitrogens with one attached hydrogen (secondary N) is 1. The van der Waals surface area contributed by atoms with Gasteiger partial charge in [-0.3, -0.25) is 4.68 Å². The summed E-state index contributed by atoms with van der Waals surface area (Å²) in [5.41, 5.74) is 2.79. The zero-order valence-corrected chi connectivity index (χ0v) is 15.0. The maximum absolute atomic E-state index is 4.74. The predicted molar refractivity (Wildman–Crippen MR) is 101 cm³/mol. The third-order valence-corrected chi connectivity index (χ3v) is 4.39. The number of likely N-dealkylation sites (tertiary alicyclic amines) is 1. The van der Waals surface area contributed by atoms with Crippen molar-refractivity contribution in [2.24, 2.45) is 12.0 Å². The van der Waals surface area contributed by atoms with Crippen molar-refractivity contribution in [1.29, 1.82) is 0 Å². The largest absolute Gasteiger partial charge is 0.357 e. The van der Waals surface area contributed by atoms with E-state index in [1.165, 1.54) is 11.1 Å². The molecule has 0 aliphatic carbocycles. The summed E-state index contributed by atoms with van der Waals surface area (Å²) in [5.74, 6) is 1.83. The molecule has 1 saturated heterocycles. The van der Waals surface area contributed by atoms with Gasteiger partial charge < -0.3 is 10.2 Å². The number of aryl methyl sites for hydroxylation is 1. The number of rotatable bonds is 4. The molecule has 1 aromatic heterocycles. The van der Waals surface area contributed by atoms with Crippen molar-refractivity contribution in [2.75, 3.05) is 19.6 Å². The number of aromatic nitrogens is 3. The van der Waals surface area contributed by atoms with E-state index in [9.17, 15) is 0 Å². The molecular formula is C19H26N6. The molecule has 3 rings (SSSR count). The number of hydrogen-bond acceptors (Lipinski definition) is 3. The van der Waals surface area contributed by atoms with Crippen LogP contribution in [0.2, 0.25) is 0 Å². The highest BCUT2D eigenvalue weighted by Gasteiger charge is 2.17. The van der Waals surface area contributed by atoms with Crippen molar-refractivity contribution >= 4 is 12.0 Å². The van der Waals surface area contributed by atoms with Crippen LogP contribution in [-0.4, -0.2) is 45.3 Å². The Morgan fingerprint density at radius 3 is 2.64 bits per heavy atom. The summed E-state index contributed by atoms with van der Waals surface area (Å²) < 4.78 is 1.77. The second-order valence-corrected chi connectivity index (χ2v) is 6.17. The average Bonchev–Trinajstić information content (AvgIpc) is 3.05. The Morgan fingerprint density at radius 2 is 2.00 bits per heavy atom. The molecule has 2 aromatic rings. The summed E-state index contributed by atoms with van der Waals surface area (Å²) in [6, 6.07) is 10.5. The average molecular weight is 338 g/mol. The molecule has 0 radical (unpaired) electrons. The van der Waals surface area contributed by atoms with Crippen molar-refractivity contribution in [3.63, 3.8) is 0 Å². The molecule has 1 aromatic carbocycles. The molecule has 6 nitrogen and oxygen atoms in total. The van der Waals surface area contributed by atoms with Crippen LogP contribution in [0, 0.1) is 0 Å². The molecule has 1 aliphatic rings. The number of guanidine groups is 1. The van der Waals surface area contributed by atoms with E-state index in [4.69, 9.17) is 4.99 Å². The second-order valence-electron chi connectivity index (χ2n) is 6.17. The van der Waals surface area contributed by atoms with Crippen LogP contribution in [0.15, 0.2) is 47.2 Å². The molecule has 0 saturated carbocycles. The van der Waals surface area contributed by atoms with Gasteiger partial charge in [0.15, 0.2) is 5.96 Å². The van der Waals surface area contributed by atoms with Gasteiger partial charge in [0.1, 0.15) is 18.7 Å². The van der Waals surface area contributed by atoms with E-state index in [1.54, 1.807) is 11.0 Å². The molecule has 132 valence electrons. The fourth-order valence-electron chi connectivity index (χ4n) is 2.97. The zero-order chi connectivity index (χ0) is 17.5. The van der Waals surface area contributed by atoms with Crippen LogP contribution in [0.3, 0.4) is 0 Å². The number of hydrogen-bond donors (Lipinski definition) is 1. The third kappa shape index (κ3) is 4.68. The zero-order valence-electron chi connectivity index (χ0n) is 15.0. The van der Waals surface area contributed by atoms with Crippen LogP contribution in [0.25, 0.3) is 6.08 Å². The first-order valence-electron chi connectivity index (χ1n) is 8.87. The highest BCUT2D eigenvalue weighted by Crippen LogP contribution is 2.19. The van der Waals surface area contributed by atoms with Gasteiger partial charge in [-0.2, -0.15) is 5.10 Å². The van der Waals surface area contributed by atoms with E-state index in [1.807, 2.05) is 7.05 Å². The second kappa shape index (κ2) is 8.46. The van der Waals surface area contributed by atoms with Crippen molar-refractivity contribution in [1.82, 2.24) is 25.0 Å². The van der Waals surface area contributed by atoms with Gasteiger partial charge in [0, 0.05) is 26.7 Å². The Morgan fingerprint density at radius 1 is 1.24 bits per heavy atom. The fourth-order valence-corrected chi connectivity index (χ4v) is 2.97. The van der Waals surface area contributed by atoms with E-state index in [0.29, 0.717) is 6.54 Å². The van der Waals surface area contributed by atoms with Crippen LogP contribution in [0.5, 0.6) is 0 Å². The molecule has 0 unspecified atom stereocenters. The molecular weight excluding hydrogens is 312 g/mol. The Balaban J connectivity index is 1.62. The lowest BCUT2D eigenvalue weighted by Gasteiger charge is -2.31. The summed E-state index contributed by atoms with van der Waals surface area (Å²) in [4.78, 5) is 11.3. The summed E-state index contributed by atoms with van der Waals surface area (Å²) in [6.07, 6.45) is 6.03. The Kier molecular flexibility index (Phi) is 5.82.